The Bertz CT molecular complexity index is 427. The molecule has 78 valence electrons. The third-order valence-electron chi connectivity index (χ3n) is 1.98. The van der Waals surface area contributed by atoms with Gasteiger partial charge in [-0.2, -0.15) is 0 Å². The standard InChI is InChI=1S/C12H13NO2/c1-9-5-6-11(12(14)15)8-10(9)4-2-3-7-13/h5-6,8H,3,7,13H2,1H3,(H,14,15). The van der Waals surface area contributed by atoms with Crippen LogP contribution in [0.3, 0.4) is 0 Å². The van der Waals surface area contributed by atoms with Crippen molar-refractivity contribution in [1.82, 2.24) is 0 Å². The molecule has 0 saturated carbocycles. The van der Waals surface area contributed by atoms with E-state index in [4.69, 9.17) is 10.8 Å². The Balaban J connectivity index is 3.02. The number of carboxylic acids is 1. The molecule has 0 heterocycles. The van der Waals surface area contributed by atoms with Crippen molar-refractivity contribution in [3.05, 3.63) is 34.9 Å². The lowest BCUT2D eigenvalue weighted by Gasteiger charge is -1.99. The number of nitrogens with two attached hydrogens (primary N) is 1. The summed E-state index contributed by atoms with van der Waals surface area (Å²) in [6.45, 7) is 2.42. The summed E-state index contributed by atoms with van der Waals surface area (Å²) in [7, 11) is 0. The molecule has 0 aromatic heterocycles. The normalized spacial score (nSPS) is 9.20. The molecule has 1 aromatic carbocycles. The van der Waals surface area contributed by atoms with Gasteiger partial charge in [-0.15, -0.1) is 0 Å². The highest BCUT2D eigenvalue weighted by atomic mass is 16.4. The van der Waals surface area contributed by atoms with Gasteiger partial charge in [-0.1, -0.05) is 17.9 Å². The summed E-state index contributed by atoms with van der Waals surface area (Å²) in [6.07, 6.45) is 0.622. The van der Waals surface area contributed by atoms with Gasteiger partial charge in [0.1, 0.15) is 0 Å². The van der Waals surface area contributed by atoms with Crippen LogP contribution in [-0.2, 0) is 0 Å². The fourth-order valence-corrected chi connectivity index (χ4v) is 1.12. The monoisotopic (exact) mass is 203 g/mol. The highest BCUT2D eigenvalue weighted by Gasteiger charge is 2.03. The van der Waals surface area contributed by atoms with Crippen LogP contribution in [0.4, 0.5) is 0 Å². The van der Waals surface area contributed by atoms with Crippen molar-refractivity contribution in [3.63, 3.8) is 0 Å². The molecule has 3 heteroatoms. The van der Waals surface area contributed by atoms with Gasteiger partial charge in [-0.25, -0.2) is 4.79 Å². The maximum absolute atomic E-state index is 10.7. The Labute approximate surface area is 88.9 Å². The Hall–Kier alpha value is -1.79. The van der Waals surface area contributed by atoms with Crippen LogP contribution in [0.1, 0.15) is 27.9 Å². The molecule has 0 radical (unpaired) electrons. The molecule has 0 amide bonds. The number of carbonyl (C=O) groups is 1. The van der Waals surface area contributed by atoms with Crippen LogP contribution in [-0.4, -0.2) is 17.6 Å². The second-order valence-electron chi connectivity index (χ2n) is 3.18. The molecular formula is C12H13NO2. The van der Waals surface area contributed by atoms with Crippen molar-refractivity contribution < 1.29 is 9.90 Å². The van der Waals surface area contributed by atoms with Gasteiger partial charge in [-0.3, -0.25) is 0 Å². The van der Waals surface area contributed by atoms with Gasteiger partial charge in [0, 0.05) is 18.5 Å². The summed E-state index contributed by atoms with van der Waals surface area (Å²) >= 11 is 0. The molecule has 0 spiro atoms. The Morgan fingerprint density at radius 3 is 2.87 bits per heavy atom. The number of hydrogen-bond acceptors (Lipinski definition) is 2. The van der Waals surface area contributed by atoms with Crippen molar-refractivity contribution in [2.45, 2.75) is 13.3 Å². The van der Waals surface area contributed by atoms with Crippen molar-refractivity contribution in [1.29, 1.82) is 0 Å². The SMILES string of the molecule is Cc1ccc(C(=O)O)cc1C#CCCN. The summed E-state index contributed by atoms with van der Waals surface area (Å²) in [5, 5.41) is 8.80. The summed E-state index contributed by atoms with van der Waals surface area (Å²) in [4.78, 5) is 10.7. The van der Waals surface area contributed by atoms with E-state index in [9.17, 15) is 4.79 Å². The zero-order valence-electron chi connectivity index (χ0n) is 8.58. The maximum atomic E-state index is 10.7. The lowest BCUT2D eigenvalue weighted by atomic mass is 10.1. The number of hydrogen-bond donors (Lipinski definition) is 2. The van der Waals surface area contributed by atoms with E-state index in [1.807, 2.05) is 6.92 Å². The molecule has 1 rings (SSSR count). The second kappa shape index (κ2) is 5.18. The molecule has 3 nitrogen and oxygen atoms in total. The van der Waals surface area contributed by atoms with Gasteiger partial charge >= 0.3 is 5.97 Å². The fraction of sp³-hybridized carbons (Fsp3) is 0.250. The maximum Gasteiger partial charge on any atom is 0.335 e. The van der Waals surface area contributed by atoms with Crippen LogP contribution in [0.5, 0.6) is 0 Å². The van der Waals surface area contributed by atoms with E-state index in [0.717, 1.165) is 11.1 Å². The minimum atomic E-state index is -0.933. The average Bonchev–Trinajstić information content (AvgIpc) is 2.20. The first-order valence-corrected chi connectivity index (χ1v) is 4.68. The second-order valence-corrected chi connectivity index (χ2v) is 3.18. The number of benzene rings is 1. The highest BCUT2D eigenvalue weighted by Crippen LogP contribution is 2.10. The van der Waals surface area contributed by atoms with Gasteiger partial charge in [-0.05, 0) is 24.6 Å². The van der Waals surface area contributed by atoms with Gasteiger partial charge in [0.05, 0.1) is 5.56 Å². The van der Waals surface area contributed by atoms with Gasteiger partial charge < -0.3 is 10.8 Å². The van der Waals surface area contributed by atoms with E-state index in [2.05, 4.69) is 11.8 Å². The largest absolute Gasteiger partial charge is 0.478 e. The molecule has 0 fully saturated rings. The predicted octanol–water partition coefficient (Wildman–Crippen LogP) is 1.39. The van der Waals surface area contributed by atoms with Gasteiger partial charge in [0.2, 0.25) is 0 Å². The van der Waals surface area contributed by atoms with Gasteiger partial charge in [0.15, 0.2) is 0 Å². The van der Waals surface area contributed by atoms with E-state index < -0.39 is 5.97 Å². The first-order valence-electron chi connectivity index (χ1n) is 4.68. The van der Waals surface area contributed by atoms with E-state index in [0.29, 0.717) is 13.0 Å². The predicted molar refractivity (Wildman–Crippen MR) is 58.7 cm³/mol. The molecular weight excluding hydrogens is 190 g/mol. The minimum absolute atomic E-state index is 0.262. The van der Waals surface area contributed by atoms with E-state index in [1.165, 1.54) is 0 Å². The van der Waals surface area contributed by atoms with Crippen molar-refractivity contribution in [2.24, 2.45) is 5.73 Å². The Kier molecular flexibility index (Phi) is 3.90. The zero-order chi connectivity index (χ0) is 11.3. The molecule has 0 aliphatic rings. The first kappa shape index (κ1) is 11.3. The number of aromatic carboxylic acids is 1. The molecule has 0 bridgehead atoms. The molecule has 0 saturated heterocycles. The van der Waals surface area contributed by atoms with Crippen molar-refractivity contribution >= 4 is 5.97 Å². The smallest absolute Gasteiger partial charge is 0.335 e. The fourth-order valence-electron chi connectivity index (χ4n) is 1.12. The molecule has 15 heavy (non-hydrogen) atoms. The molecule has 0 unspecified atom stereocenters. The van der Waals surface area contributed by atoms with Crippen LogP contribution in [0.25, 0.3) is 0 Å². The molecule has 1 aromatic rings. The van der Waals surface area contributed by atoms with Crippen LogP contribution in [0.15, 0.2) is 18.2 Å². The summed E-state index contributed by atoms with van der Waals surface area (Å²) < 4.78 is 0. The van der Waals surface area contributed by atoms with E-state index in [1.54, 1.807) is 18.2 Å². The Morgan fingerprint density at radius 2 is 2.27 bits per heavy atom. The molecule has 0 aliphatic heterocycles. The topological polar surface area (TPSA) is 63.3 Å². The van der Waals surface area contributed by atoms with Gasteiger partial charge in [0.25, 0.3) is 0 Å². The average molecular weight is 203 g/mol. The summed E-state index contributed by atoms with van der Waals surface area (Å²) in [5.41, 5.74) is 7.30. The number of carboxylic acid groups (broad SMARTS) is 1. The van der Waals surface area contributed by atoms with Crippen LogP contribution in [0, 0.1) is 18.8 Å². The van der Waals surface area contributed by atoms with Crippen LogP contribution in [0.2, 0.25) is 0 Å². The third-order valence-corrected chi connectivity index (χ3v) is 1.98. The number of aryl methyl sites for hydroxylation is 1. The first-order chi connectivity index (χ1) is 7.15. The Morgan fingerprint density at radius 1 is 1.53 bits per heavy atom. The zero-order valence-corrected chi connectivity index (χ0v) is 8.58. The van der Waals surface area contributed by atoms with Crippen LogP contribution < -0.4 is 5.73 Å². The lowest BCUT2D eigenvalue weighted by molar-refractivity contribution is 0.0697. The molecule has 0 aliphatic carbocycles. The third kappa shape index (κ3) is 3.12. The van der Waals surface area contributed by atoms with E-state index in [-0.39, 0.29) is 5.56 Å². The highest BCUT2D eigenvalue weighted by molar-refractivity contribution is 5.88. The molecule has 3 N–H and O–H groups in total. The molecule has 0 atom stereocenters. The number of rotatable bonds is 2. The van der Waals surface area contributed by atoms with E-state index >= 15 is 0 Å². The summed E-state index contributed by atoms with van der Waals surface area (Å²) in [6, 6.07) is 4.92. The summed E-state index contributed by atoms with van der Waals surface area (Å²) in [5.74, 6) is 4.87. The van der Waals surface area contributed by atoms with Crippen molar-refractivity contribution in [3.8, 4) is 11.8 Å². The quantitative estimate of drug-likeness (QED) is 0.714. The lowest BCUT2D eigenvalue weighted by Crippen LogP contribution is -1.98. The minimum Gasteiger partial charge on any atom is -0.478 e. The van der Waals surface area contributed by atoms with Crippen molar-refractivity contribution in [2.75, 3.05) is 6.54 Å². The van der Waals surface area contributed by atoms with Crippen LogP contribution >= 0.6 is 0 Å².